The van der Waals surface area contributed by atoms with Gasteiger partial charge in [-0.05, 0) is 90.2 Å². The lowest BCUT2D eigenvalue weighted by molar-refractivity contribution is -0.119. The molecule has 37 heavy (non-hydrogen) atoms. The molecule has 0 heterocycles. The van der Waals surface area contributed by atoms with Crippen molar-refractivity contribution in [1.29, 1.82) is 0 Å². The van der Waals surface area contributed by atoms with Gasteiger partial charge in [0.05, 0.1) is 18.2 Å². The minimum absolute atomic E-state index is 0.247. The van der Waals surface area contributed by atoms with Crippen LogP contribution in [0.15, 0.2) is 71.8 Å². The maximum atomic E-state index is 12.7. The highest BCUT2D eigenvalue weighted by molar-refractivity contribution is 7.92. The molecule has 0 unspecified atom stereocenters. The van der Waals surface area contributed by atoms with Crippen LogP contribution in [0, 0.1) is 17.8 Å². The Kier molecular flexibility index (Phi) is 6.06. The first-order chi connectivity index (χ1) is 17.8. The molecule has 192 valence electrons. The highest BCUT2D eigenvalue weighted by Gasteiger charge is 2.51. The maximum Gasteiger partial charge on any atom is 0.260 e. The molecule has 0 aromatic heterocycles. The lowest BCUT2D eigenvalue weighted by Gasteiger charge is -2.57. The minimum atomic E-state index is -3.66. The number of carbonyl (C=O) groups excluding carboxylic acids is 1. The number of hydrazone groups is 1. The number of hydrogen-bond donors (Lipinski definition) is 1. The highest BCUT2D eigenvalue weighted by Crippen LogP contribution is 2.60. The molecule has 3 aromatic carbocycles. The Morgan fingerprint density at radius 1 is 0.946 bits per heavy atom. The summed E-state index contributed by atoms with van der Waals surface area (Å²) >= 11 is 0. The molecule has 0 spiro atoms. The molecule has 4 fully saturated rings. The summed E-state index contributed by atoms with van der Waals surface area (Å²) in [6, 6.07) is 21.7. The van der Waals surface area contributed by atoms with Gasteiger partial charge in [0.15, 0.2) is 0 Å². The maximum absolute atomic E-state index is 12.7. The second kappa shape index (κ2) is 9.28. The number of benzene rings is 3. The summed E-state index contributed by atoms with van der Waals surface area (Å²) in [6.07, 6.45) is 10.6. The second-order valence-electron chi connectivity index (χ2n) is 11.4. The number of sulfonamides is 1. The number of amides is 1. The molecule has 6 nitrogen and oxygen atoms in total. The van der Waals surface area contributed by atoms with Crippen LogP contribution in [0.2, 0.25) is 0 Å². The van der Waals surface area contributed by atoms with Crippen LogP contribution in [0.4, 0.5) is 5.69 Å². The fourth-order valence-corrected chi connectivity index (χ4v) is 8.40. The first kappa shape index (κ1) is 24.2. The molecule has 4 aliphatic carbocycles. The van der Waals surface area contributed by atoms with E-state index in [1.807, 2.05) is 54.6 Å². The predicted octanol–water partition coefficient (Wildman–Crippen LogP) is 5.22. The third-order valence-corrected chi connectivity index (χ3v) is 9.85. The number of nitrogens with one attached hydrogen (secondary N) is 1. The second-order valence-corrected chi connectivity index (χ2v) is 13.3. The van der Waals surface area contributed by atoms with E-state index in [9.17, 15) is 13.2 Å². The zero-order valence-corrected chi connectivity index (χ0v) is 22.0. The van der Waals surface area contributed by atoms with Gasteiger partial charge in [-0.1, -0.05) is 54.6 Å². The SMILES string of the molecule is CS(=O)(=O)N(CC(=O)N/N=C\c1cccc2ccccc12)c1ccc(C23CC4CC(CC(C4)C2)C3)cc1. The molecule has 0 saturated heterocycles. The molecule has 1 N–H and O–H groups in total. The summed E-state index contributed by atoms with van der Waals surface area (Å²) in [4.78, 5) is 12.7. The normalized spacial score (nSPS) is 26.6. The third-order valence-electron chi connectivity index (χ3n) is 8.71. The first-order valence-electron chi connectivity index (χ1n) is 13.2. The van der Waals surface area contributed by atoms with Gasteiger partial charge in [0.25, 0.3) is 5.91 Å². The Bertz CT molecular complexity index is 1420. The van der Waals surface area contributed by atoms with Crippen LogP contribution in [0.5, 0.6) is 0 Å². The van der Waals surface area contributed by atoms with Crippen molar-refractivity contribution in [3.05, 3.63) is 77.9 Å². The standard InChI is InChI=1S/C30H33N3O3S/c1-37(35,36)33(20-29(34)32-31-19-25-7-4-6-24-5-2-3-8-28(24)25)27-11-9-26(10-12-27)30-16-21-13-22(17-30)15-23(14-21)18-30/h2-12,19,21-23H,13-18,20H2,1H3,(H,32,34)/b31-19-. The molecule has 7 heteroatoms. The van der Waals surface area contributed by atoms with Crippen molar-refractivity contribution in [2.75, 3.05) is 17.1 Å². The van der Waals surface area contributed by atoms with Crippen LogP contribution in [-0.2, 0) is 20.2 Å². The average Bonchev–Trinajstić information content (AvgIpc) is 2.86. The smallest absolute Gasteiger partial charge is 0.260 e. The number of rotatable bonds is 7. The van der Waals surface area contributed by atoms with Gasteiger partial charge in [-0.3, -0.25) is 9.10 Å². The van der Waals surface area contributed by atoms with Crippen LogP contribution in [0.1, 0.15) is 49.7 Å². The Balaban J connectivity index is 1.16. The van der Waals surface area contributed by atoms with E-state index in [0.717, 1.165) is 44.7 Å². The third kappa shape index (κ3) is 4.77. The van der Waals surface area contributed by atoms with Gasteiger partial charge >= 0.3 is 0 Å². The van der Waals surface area contributed by atoms with Gasteiger partial charge < -0.3 is 0 Å². The van der Waals surface area contributed by atoms with Crippen molar-refractivity contribution in [2.45, 2.75) is 43.9 Å². The van der Waals surface area contributed by atoms with Crippen LogP contribution >= 0.6 is 0 Å². The van der Waals surface area contributed by atoms with Crippen LogP contribution in [0.3, 0.4) is 0 Å². The molecular weight excluding hydrogens is 482 g/mol. The molecule has 1 amide bonds. The molecule has 4 bridgehead atoms. The molecular formula is C30H33N3O3S. The Morgan fingerprint density at radius 2 is 1.57 bits per heavy atom. The van der Waals surface area contributed by atoms with E-state index in [4.69, 9.17) is 0 Å². The van der Waals surface area contributed by atoms with E-state index < -0.39 is 15.9 Å². The van der Waals surface area contributed by atoms with Gasteiger partial charge in [-0.15, -0.1) is 0 Å². The van der Waals surface area contributed by atoms with Crippen LogP contribution < -0.4 is 9.73 Å². The van der Waals surface area contributed by atoms with Crippen LogP contribution in [0.25, 0.3) is 10.8 Å². The van der Waals surface area contributed by atoms with Gasteiger partial charge in [0.2, 0.25) is 10.0 Å². The summed E-state index contributed by atoms with van der Waals surface area (Å²) in [5.74, 6) is 2.04. The Hall–Kier alpha value is -3.19. The molecule has 3 aromatic rings. The molecule has 0 atom stereocenters. The predicted molar refractivity (Wildman–Crippen MR) is 148 cm³/mol. The molecule has 4 saturated carbocycles. The number of carbonyl (C=O) groups is 1. The number of anilines is 1. The first-order valence-corrected chi connectivity index (χ1v) is 15.0. The van der Waals surface area contributed by atoms with E-state index in [2.05, 4.69) is 22.7 Å². The summed E-state index contributed by atoms with van der Waals surface area (Å²) in [5, 5.41) is 6.20. The number of hydrogen-bond acceptors (Lipinski definition) is 4. The lowest BCUT2D eigenvalue weighted by Crippen LogP contribution is -2.48. The Morgan fingerprint density at radius 3 is 2.22 bits per heavy atom. The van der Waals surface area contributed by atoms with Crippen molar-refractivity contribution >= 4 is 38.6 Å². The van der Waals surface area contributed by atoms with E-state index in [0.29, 0.717) is 5.69 Å². The lowest BCUT2D eigenvalue weighted by atomic mass is 9.48. The zero-order chi connectivity index (χ0) is 25.6. The van der Waals surface area contributed by atoms with Gasteiger partial charge in [-0.25, -0.2) is 13.8 Å². The van der Waals surface area contributed by atoms with Crippen molar-refractivity contribution in [3.63, 3.8) is 0 Å². The van der Waals surface area contributed by atoms with Crippen molar-refractivity contribution in [1.82, 2.24) is 5.43 Å². The summed E-state index contributed by atoms with van der Waals surface area (Å²) < 4.78 is 26.4. The summed E-state index contributed by atoms with van der Waals surface area (Å²) in [7, 11) is -3.66. The van der Waals surface area contributed by atoms with Gasteiger partial charge in [0, 0.05) is 5.56 Å². The molecule has 0 aliphatic heterocycles. The fourth-order valence-electron chi connectivity index (χ4n) is 7.55. The average molecular weight is 516 g/mol. The van der Waals surface area contributed by atoms with Crippen molar-refractivity contribution in [2.24, 2.45) is 22.9 Å². The summed E-state index contributed by atoms with van der Waals surface area (Å²) in [6.45, 7) is -0.331. The fraction of sp³-hybridized carbons (Fsp3) is 0.400. The quantitative estimate of drug-likeness (QED) is 0.346. The minimum Gasteiger partial charge on any atom is -0.271 e. The summed E-state index contributed by atoms with van der Waals surface area (Å²) in [5.41, 5.74) is 5.44. The van der Waals surface area contributed by atoms with Crippen molar-refractivity contribution in [3.8, 4) is 0 Å². The van der Waals surface area contributed by atoms with Gasteiger partial charge in [0.1, 0.15) is 6.54 Å². The Labute approximate surface area is 218 Å². The molecule has 4 aliphatic rings. The number of fused-ring (bicyclic) bond motifs is 1. The topological polar surface area (TPSA) is 78.8 Å². The van der Waals surface area contributed by atoms with Crippen LogP contribution in [-0.4, -0.2) is 33.3 Å². The highest BCUT2D eigenvalue weighted by atomic mass is 32.2. The monoisotopic (exact) mass is 515 g/mol. The van der Waals surface area contributed by atoms with Crippen molar-refractivity contribution < 1.29 is 13.2 Å². The van der Waals surface area contributed by atoms with E-state index >= 15 is 0 Å². The zero-order valence-electron chi connectivity index (χ0n) is 21.1. The van der Waals surface area contributed by atoms with E-state index in [1.165, 1.54) is 44.1 Å². The molecule has 0 radical (unpaired) electrons. The largest absolute Gasteiger partial charge is 0.271 e. The van der Waals surface area contributed by atoms with Gasteiger partial charge in [-0.2, -0.15) is 5.10 Å². The molecule has 7 rings (SSSR count). The number of nitrogens with zero attached hydrogens (tertiary/aromatic N) is 2. The van der Waals surface area contributed by atoms with E-state index in [1.54, 1.807) is 6.21 Å². The van der Waals surface area contributed by atoms with E-state index in [-0.39, 0.29) is 12.0 Å².